The maximum absolute atomic E-state index is 13.8. The molecule has 3 rings (SSSR count). The Morgan fingerprint density at radius 1 is 1.16 bits per heavy atom. The van der Waals surface area contributed by atoms with Crippen LogP contribution < -0.4 is 10.1 Å². The standard InChI is InChI=1S/C21H17F5N2O3/c1-10-15(22)7-13(8-16(10)23)11(2)27-19(29)17-9-31-20(28-17)12-4-5-18(30-3)14(6-12)21(24,25)26/h4-9,11H,1-3H3,(H,27,29)/t11-/m1/s1. The van der Waals surface area contributed by atoms with E-state index in [1.54, 1.807) is 0 Å². The van der Waals surface area contributed by atoms with Gasteiger partial charge in [-0.2, -0.15) is 13.2 Å². The van der Waals surface area contributed by atoms with Crippen LogP contribution in [0.15, 0.2) is 41.0 Å². The van der Waals surface area contributed by atoms with Crippen molar-refractivity contribution in [3.8, 4) is 17.2 Å². The number of amides is 1. The number of nitrogens with one attached hydrogen (secondary N) is 1. The summed E-state index contributed by atoms with van der Waals surface area (Å²) < 4.78 is 77.0. The van der Waals surface area contributed by atoms with Gasteiger partial charge in [0.2, 0.25) is 5.89 Å². The van der Waals surface area contributed by atoms with Gasteiger partial charge in [0.05, 0.1) is 18.7 Å². The zero-order valence-electron chi connectivity index (χ0n) is 16.6. The van der Waals surface area contributed by atoms with Crippen LogP contribution in [0.25, 0.3) is 11.5 Å². The van der Waals surface area contributed by atoms with Crippen LogP contribution in [0.3, 0.4) is 0 Å². The average Bonchev–Trinajstić information content (AvgIpc) is 3.20. The third kappa shape index (κ3) is 4.68. The highest BCUT2D eigenvalue weighted by Gasteiger charge is 2.35. The second-order valence-electron chi connectivity index (χ2n) is 6.76. The van der Waals surface area contributed by atoms with Gasteiger partial charge in [-0.1, -0.05) is 0 Å². The number of methoxy groups -OCH3 is 1. The number of oxazole rings is 1. The Hall–Kier alpha value is -3.43. The van der Waals surface area contributed by atoms with Crippen LogP contribution in [-0.4, -0.2) is 18.0 Å². The maximum atomic E-state index is 13.8. The highest BCUT2D eigenvalue weighted by Crippen LogP contribution is 2.38. The number of ether oxygens (including phenoxy) is 1. The Labute approximate surface area is 173 Å². The molecule has 0 aliphatic carbocycles. The van der Waals surface area contributed by atoms with Gasteiger partial charge in [-0.15, -0.1) is 0 Å². The van der Waals surface area contributed by atoms with Crippen molar-refractivity contribution in [2.24, 2.45) is 0 Å². The molecular formula is C21H17F5N2O3. The SMILES string of the molecule is COc1ccc(-c2nc(C(=O)N[C@H](C)c3cc(F)c(C)c(F)c3)co2)cc1C(F)(F)F. The van der Waals surface area contributed by atoms with Crippen molar-refractivity contribution in [2.75, 3.05) is 7.11 Å². The van der Waals surface area contributed by atoms with E-state index < -0.39 is 35.3 Å². The summed E-state index contributed by atoms with van der Waals surface area (Å²) in [6.45, 7) is 2.81. The van der Waals surface area contributed by atoms with Crippen LogP contribution in [0.2, 0.25) is 0 Å². The zero-order valence-corrected chi connectivity index (χ0v) is 16.6. The Bertz CT molecular complexity index is 1100. The van der Waals surface area contributed by atoms with Gasteiger partial charge in [0, 0.05) is 11.1 Å². The summed E-state index contributed by atoms with van der Waals surface area (Å²) in [5.41, 5.74) is -1.18. The minimum atomic E-state index is -4.66. The van der Waals surface area contributed by atoms with Gasteiger partial charge in [-0.25, -0.2) is 13.8 Å². The predicted molar refractivity (Wildman–Crippen MR) is 100 cm³/mol. The molecule has 0 spiro atoms. The molecule has 2 aromatic carbocycles. The van der Waals surface area contributed by atoms with Gasteiger partial charge in [-0.05, 0) is 49.7 Å². The number of alkyl halides is 3. The van der Waals surface area contributed by atoms with Crippen molar-refractivity contribution in [3.63, 3.8) is 0 Å². The molecule has 0 fully saturated rings. The highest BCUT2D eigenvalue weighted by molar-refractivity contribution is 5.92. The molecule has 1 amide bonds. The molecule has 31 heavy (non-hydrogen) atoms. The van der Waals surface area contributed by atoms with Crippen molar-refractivity contribution in [1.29, 1.82) is 0 Å². The maximum Gasteiger partial charge on any atom is 0.419 e. The van der Waals surface area contributed by atoms with Gasteiger partial charge in [-0.3, -0.25) is 4.79 Å². The first-order valence-electron chi connectivity index (χ1n) is 8.98. The van der Waals surface area contributed by atoms with Crippen molar-refractivity contribution in [3.05, 3.63) is 70.6 Å². The summed E-state index contributed by atoms with van der Waals surface area (Å²) in [5, 5.41) is 2.51. The van der Waals surface area contributed by atoms with Crippen molar-refractivity contribution >= 4 is 5.91 Å². The molecule has 1 N–H and O–H groups in total. The lowest BCUT2D eigenvalue weighted by molar-refractivity contribution is -0.138. The zero-order chi connectivity index (χ0) is 22.9. The van der Waals surface area contributed by atoms with E-state index in [2.05, 4.69) is 10.3 Å². The summed E-state index contributed by atoms with van der Waals surface area (Å²) in [5.74, 6) is -2.81. The van der Waals surface area contributed by atoms with E-state index in [9.17, 15) is 26.7 Å². The van der Waals surface area contributed by atoms with E-state index in [1.165, 1.54) is 19.9 Å². The number of hydrogen-bond donors (Lipinski definition) is 1. The summed E-state index contributed by atoms with van der Waals surface area (Å²) in [7, 11) is 1.12. The molecule has 10 heteroatoms. The van der Waals surface area contributed by atoms with Crippen LogP contribution in [0, 0.1) is 18.6 Å². The van der Waals surface area contributed by atoms with E-state index >= 15 is 0 Å². The summed E-state index contributed by atoms with van der Waals surface area (Å²) in [4.78, 5) is 16.3. The molecule has 1 aromatic heterocycles. The molecule has 0 unspecified atom stereocenters. The number of aromatic nitrogens is 1. The number of carbonyl (C=O) groups is 1. The van der Waals surface area contributed by atoms with E-state index in [0.29, 0.717) is 0 Å². The fraction of sp³-hybridized carbons (Fsp3) is 0.238. The number of halogens is 5. The van der Waals surface area contributed by atoms with Crippen LogP contribution in [0.5, 0.6) is 5.75 Å². The van der Waals surface area contributed by atoms with Gasteiger partial charge in [0.15, 0.2) is 5.69 Å². The number of nitrogens with zero attached hydrogens (tertiary/aromatic N) is 1. The molecular weight excluding hydrogens is 423 g/mol. The monoisotopic (exact) mass is 440 g/mol. The minimum absolute atomic E-state index is 0.0112. The lowest BCUT2D eigenvalue weighted by Gasteiger charge is -2.14. The number of carbonyl (C=O) groups excluding carboxylic acids is 1. The lowest BCUT2D eigenvalue weighted by Crippen LogP contribution is -2.27. The van der Waals surface area contributed by atoms with E-state index in [-0.39, 0.29) is 34.0 Å². The Kier molecular flexibility index (Phi) is 6.01. The molecule has 0 aliphatic heterocycles. The van der Waals surface area contributed by atoms with Crippen LogP contribution in [0.1, 0.15) is 40.1 Å². The second-order valence-corrected chi connectivity index (χ2v) is 6.76. The molecule has 164 valence electrons. The predicted octanol–water partition coefficient (Wildman–Crippen LogP) is 5.45. The Morgan fingerprint density at radius 3 is 2.39 bits per heavy atom. The average molecular weight is 440 g/mol. The molecule has 0 bridgehead atoms. The molecule has 5 nitrogen and oxygen atoms in total. The highest BCUT2D eigenvalue weighted by atomic mass is 19.4. The van der Waals surface area contributed by atoms with Crippen LogP contribution in [-0.2, 0) is 6.18 Å². The fourth-order valence-corrected chi connectivity index (χ4v) is 2.84. The van der Waals surface area contributed by atoms with Gasteiger partial charge < -0.3 is 14.5 Å². The molecule has 1 heterocycles. The smallest absolute Gasteiger partial charge is 0.419 e. The molecule has 0 saturated carbocycles. The van der Waals surface area contributed by atoms with Crippen molar-refractivity contribution in [1.82, 2.24) is 10.3 Å². The quantitative estimate of drug-likeness (QED) is 0.536. The number of benzene rings is 2. The van der Waals surface area contributed by atoms with Crippen molar-refractivity contribution < 1.29 is 35.9 Å². The number of rotatable bonds is 5. The van der Waals surface area contributed by atoms with E-state index in [1.807, 2.05) is 0 Å². The Morgan fingerprint density at radius 2 is 1.81 bits per heavy atom. The molecule has 1 atom stereocenters. The second kappa shape index (κ2) is 8.37. The molecule has 0 radical (unpaired) electrons. The lowest BCUT2D eigenvalue weighted by atomic mass is 10.1. The third-order valence-corrected chi connectivity index (χ3v) is 4.64. The normalized spacial score (nSPS) is 12.5. The summed E-state index contributed by atoms with van der Waals surface area (Å²) in [6, 6.07) is 4.66. The van der Waals surface area contributed by atoms with Gasteiger partial charge in [0.25, 0.3) is 5.91 Å². The topological polar surface area (TPSA) is 64.4 Å². The largest absolute Gasteiger partial charge is 0.496 e. The van der Waals surface area contributed by atoms with Crippen LogP contribution in [0.4, 0.5) is 22.0 Å². The third-order valence-electron chi connectivity index (χ3n) is 4.64. The van der Waals surface area contributed by atoms with Gasteiger partial charge in [0.1, 0.15) is 23.6 Å². The first-order valence-corrected chi connectivity index (χ1v) is 8.98. The molecule has 0 saturated heterocycles. The molecule has 0 aliphatic rings. The summed E-state index contributed by atoms with van der Waals surface area (Å²) >= 11 is 0. The molecule has 3 aromatic rings. The van der Waals surface area contributed by atoms with Gasteiger partial charge >= 0.3 is 6.18 Å². The van der Waals surface area contributed by atoms with E-state index in [0.717, 1.165) is 37.6 Å². The minimum Gasteiger partial charge on any atom is -0.496 e. The first kappa shape index (κ1) is 22.3. The number of hydrogen-bond acceptors (Lipinski definition) is 4. The Balaban J connectivity index is 1.81. The van der Waals surface area contributed by atoms with Crippen LogP contribution >= 0.6 is 0 Å². The summed E-state index contributed by atoms with van der Waals surface area (Å²) in [6.07, 6.45) is -3.69. The first-order chi connectivity index (χ1) is 14.5. The van der Waals surface area contributed by atoms with E-state index in [4.69, 9.17) is 9.15 Å². The van der Waals surface area contributed by atoms with Crippen molar-refractivity contribution in [2.45, 2.75) is 26.1 Å². The fourth-order valence-electron chi connectivity index (χ4n) is 2.84.